The summed E-state index contributed by atoms with van der Waals surface area (Å²) in [5.74, 6) is -0.866. The van der Waals surface area contributed by atoms with E-state index in [1.165, 1.54) is 0 Å². The number of aliphatic hydroxyl groups is 1. The van der Waals surface area contributed by atoms with Crippen LogP contribution in [0.15, 0.2) is 0 Å². The first-order chi connectivity index (χ1) is 14.4. The average Bonchev–Trinajstić information content (AvgIpc) is 3.16. The first-order valence-electron chi connectivity index (χ1n) is 11.8. The largest absolute Gasteiger partial charge is 0.481 e. The van der Waals surface area contributed by atoms with Crippen LogP contribution in [0.2, 0.25) is 0 Å². The van der Waals surface area contributed by atoms with Crippen LogP contribution in [0.5, 0.6) is 0 Å². The van der Waals surface area contributed by atoms with Crippen molar-refractivity contribution in [3.63, 3.8) is 0 Å². The van der Waals surface area contributed by atoms with Crippen LogP contribution < -0.4 is 0 Å². The predicted octanol–water partition coefficient (Wildman–Crippen LogP) is 2.98. The molecule has 7 nitrogen and oxygen atoms in total. The minimum absolute atomic E-state index is 0.186. The van der Waals surface area contributed by atoms with E-state index in [0.717, 1.165) is 44.9 Å². The van der Waals surface area contributed by atoms with E-state index in [-0.39, 0.29) is 24.5 Å². The molecule has 5 unspecified atom stereocenters. The molecule has 0 amide bonds. The first-order valence-corrected chi connectivity index (χ1v) is 11.8. The molecule has 1 saturated heterocycles. The van der Waals surface area contributed by atoms with Crippen molar-refractivity contribution in [3.8, 4) is 0 Å². The van der Waals surface area contributed by atoms with Crippen molar-refractivity contribution in [2.75, 3.05) is 13.7 Å². The van der Waals surface area contributed by atoms with E-state index in [1.807, 2.05) is 0 Å². The highest BCUT2D eigenvalue weighted by molar-refractivity contribution is 5.73. The Kier molecular flexibility index (Phi) is 8.54. The molecule has 7 heteroatoms. The molecular weight excluding hydrogens is 386 g/mol. The summed E-state index contributed by atoms with van der Waals surface area (Å²) >= 11 is 0. The molecule has 0 aromatic heterocycles. The quantitative estimate of drug-likeness (QED) is 0.577. The lowest BCUT2D eigenvalue weighted by molar-refractivity contribution is -0.155. The number of carboxylic acids is 1. The fourth-order valence-electron chi connectivity index (χ4n) is 6.19. The van der Waals surface area contributed by atoms with Gasteiger partial charge in [0, 0.05) is 31.7 Å². The summed E-state index contributed by atoms with van der Waals surface area (Å²) in [6.07, 6.45) is 9.16. The fraction of sp³-hybridized carbons (Fsp3) is 0.913. The Morgan fingerprint density at radius 3 is 2.37 bits per heavy atom. The van der Waals surface area contributed by atoms with E-state index in [9.17, 15) is 19.8 Å². The number of ether oxygens (including phenoxy) is 2. The Bertz CT molecular complexity index is 576. The van der Waals surface area contributed by atoms with Crippen LogP contribution in [0, 0.1) is 11.8 Å². The number of hydrogen-bond acceptors (Lipinski definition) is 6. The Morgan fingerprint density at radius 2 is 1.77 bits per heavy atom. The van der Waals surface area contributed by atoms with Gasteiger partial charge in [0.05, 0.1) is 24.7 Å². The van der Waals surface area contributed by atoms with E-state index in [2.05, 4.69) is 4.90 Å². The standard InChI is InChI=1S/C23H39NO6/c1-3-30-23(28)19-11-6-17(14-21(19)25)24-16(8-13-22(26)27)7-12-20(24)15-4-9-18(29-2)10-5-15/h15-21,25H,3-14H2,1-2H3,(H,26,27). The number of likely N-dealkylation sites (tertiary alicyclic amines) is 1. The molecule has 3 fully saturated rings. The van der Waals surface area contributed by atoms with Crippen molar-refractivity contribution in [2.24, 2.45) is 11.8 Å². The summed E-state index contributed by atoms with van der Waals surface area (Å²) in [6.45, 7) is 2.12. The third-order valence-corrected chi connectivity index (χ3v) is 7.69. The molecule has 0 spiro atoms. The van der Waals surface area contributed by atoms with Crippen LogP contribution in [0.4, 0.5) is 0 Å². The van der Waals surface area contributed by atoms with Gasteiger partial charge in [-0.2, -0.15) is 0 Å². The molecule has 30 heavy (non-hydrogen) atoms. The van der Waals surface area contributed by atoms with Crippen molar-refractivity contribution in [1.29, 1.82) is 0 Å². The van der Waals surface area contributed by atoms with E-state index in [4.69, 9.17) is 9.47 Å². The number of carbonyl (C=O) groups excluding carboxylic acids is 1. The summed E-state index contributed by atoms with van der Waals surface area (Å²) in [4.78, 5) is 25.9. The maximum absolute atomic E-state index is 12.2. The summed E-state index contributed by atoms with van der Waals surface area (Å²) in [7, 11) is 1.79. The van der Waals surface area contributed by atoms with Gasteiger partial charge < -0.3 is 19.7 Å². The van der Waals surface area contributed by atoms with Gasteiger partial charge in [-0.15, -0.1) is 0 Å². The maximum Gasteiger partial charge on any atom is 0.311 e. The van der Waals surface area contributed by atoms with Gasteiger partial charge in [-0.05, 0) is 77.0 Å². The number of rotatable bonds is 8. The number of hydrogen-bond donors (Lipinski definition) is 2. The van der Waals surface area contributed by atoms with Crippen molar-refractivity contribution >= 4 is 11.9 Å². The molecule has 2 N–H and O–H groups in total. The predicted molar refractivity (Wildman–Crippen MR) is 112 cm³/mol. The molecule has 1 heterocycles. The highest BCUT2D eigenvalue weighted by atomic mass is 16.5. The molecule has 2 saturated carbocycles. The summed E-state index contributed by atoms with van der Waals surface area (Å²) in [5.41, 5.74) is 0. The summed E-state index contributed by atoms with van der Waals surface area (Å²) in [5, 5.41) is 19.9. The average molecular weight is 426 g/mol. The van der Waals surface area contributed by atoms with E-state index in [1.54, 1.807) is 14.0 Å². The van der Waals surface area contributed by atoms with Crippen LogP contribution in [-0.2, 0) is 19.1 Å². The summed E-state index contributed by atoms with van der Waals surface area (Å²) in [6, 6.07) is 0.901. The molecule has 0 bridgehead atoms. The second-order valence-electron chi connectivity index (χ2n) is 9.34. The lowest BCUT2D eigenvalue weighted by Crippen LogP contribution is -2.52. The molecule has 3 rings (SSSR count). The molecule has 0 aromatic carbocycles. The fourth-order valence-corrected chi connectivity index (χ4v) is 6.19. The monoisotopic (exact) mass is 425 g/mol. The second kappa shape index (κ2) is 10.9. The molecule has 1 aliphatic heterocycles. The number of aliphatic hydroxyl groups excluding tert-OH is 1. The third kappa shape index (κ3) is 5.54. The van der Waals surface area contributed by atoms with E-state index < -0.39 is 18.0 Å². The second-order valence-corrected chi connectivity index (χ2v) is 9.34. The maximum atomic E-state index is 12.2. The Morgan fingerprint density at radius 1 is 1.03 bits per heavy atom. The minimum atomic E-state index is -0.745. The van der Waals surface area contributed by atoms with Gasteiger partial charge in [0.2, 0.25) is 0 Å². The van der Waals surface area contributed by atoms with Gasteiger partial charge in [0.25, 0.3) is 0 Å². The lowest BCUT2D eigenvalue weighted by Gasteiger charge is -2.45. The van der Waals surface area contributed by atoms with Gasteiger partial charge in [-0.1, -0.05) is 0 Å². The van der Waals surface area contributed by atoms with Crippen LogP contribution in [0.1, 0.15) is 77.6 Å². The number of esters is 1. The molecule has 2 aliphatic carbocycles. The Hall–Kier alpha value is -1.18. The number of nitrogens with zero attached hydrogens (tertiary/aromatic N) is 1. The molecule has 0 aromatic rings. The van der Waals surface area contributed by atoms with Gasteiger partial charge in [-0.25, -0.2) is 0 Å². The normalized spacial score (nSPS) is 37.8. The zero-order chi connectivity index (χ0) is 21.7. The number of carbonyl (C=O) groups is 2. The van der Waals surface area contributed by atoms with Crippen LogP contribution in [0.3, 0.4) is 0 Å². The number of aliphatic carboxylic acids is 1. The molecule has 172 valence electrons. The number of methoxy groups -OCH3 is 1. The molecule has 0 radical (unpaired) electrons. The zero-order valence-electron chi connectivity index (χ0n) is 18.5. The van der Waals surface area contributed by atoms with Gasteiger partial charge in [0.15, 0.2) is 0 Å². The summed E-state index contributed by atoms with van der Waals surface area (Å²) < 4.78 is 10.7. The van der Waals surface area contributed by atoms with Crippen molar-refractivity contribution in [2.45, 2.75) is 108 Å². The van der Waals surface area contributed by atoms with Crippen molar-refractivity contribution in [1.82, 2.24) is 4.90 Å². The highest BCUT2D eigenvalue weighted by Crippen LogP contribution is 2.43. The molecular formula is C23H39NO6. The topological polar surface area (TPSA) is 96.3 Å². The van der Waals surface area contributed by atoms with Gasteiger partial charge >= 0.3 is 11.9 Å². The molecule has 5 atom stereocenters. The molecule has 3 aliphatic rings. The van der Waals surface area contributed by atoms with Crippen molar-refractivity contribution in [3.05, 3.63) is 0 Å². The zero-order valence-corrected chi connectivity index (χ0v) is 18.5. The lowest BCUT2D eigenvalue weighted by atomic mass is 9.79. The van der Waals surface area contributed by atoms with Gasteiger partial charge in [0.1, 0.15) is 0 Å². The van der Waals surface area contributed by atoms with E-state index >= 15 is 0 Å². The van der Waals surface area contributed by atoms with Crippen LogP contribution >= 0.6 is 0 Å². The van der Waals surface area contributed by atoms with E-state index in [0.29, 0.717) is 43.9 Å². The van der Waals surface area contributed by atoms with Crippen LogP contribution in [0.25, 0.3) is 0 Å². The number of carboxylic acid groups (broad SMARTS) is 1. The third-order valence-electron chi connectivity index (χ3n) is 7.69. The van der Waals surface area contributed by atoms with Crippen molar-refractivity contribution < 1.29 is 29.3 Å². The minimum Gasteiger partial charge on any atom is -0.481 e. The first kappa shape index (κ1) is 23.5. The Balaban J connectivity index is 1.69. The van der Waals surface area contributed by atoms with Crippen LogP contribution in [-0.4, -0.2) is 71.1 Å². The SMILES string of the molecule is CCOC(=O)C1CCC(N2C(CCC(=O)O)CCC2C2CCC(OC)CC2)CC1O. The smallest absolute Gasteiger partial charge is 0.311 e. The van der Waals surface area contributed by atoms with Gasteiger partial charge in [-0.3, -0.25) is 14.5 Å². The Labute approximate surface area is 180 Å². The highest BCUT2D eigenvalue weighted by Gasteiger charge is 2.45.